The van der Waals surface area contributed by atoms with Gasteiger partial charge in [0.1, 0.15) is 11.6 Å². The van der Waals surface area contributed by atoms with Crippen LogP contribution in [0.2, 0.25) is 0 Å². The first kappa shape index (κ1) is 19.3. The van der Waals surface area contributed by atoms with Crippen LogP contribution in [0.5, 0.6) is 0 Å². The summed E-state index contributed by atoms with van der Waals surface area (Å²) < 4.78 is 26.6. The Morgan fingerprint density at radius 3 is 2.52 bits per heavy atom. The van der Waals surface area contributed by atoms with Crippen LogP contribution in [0.3, 0.4) is 0 Å². The van der Waals surface area contributed by atoms with Gasteiger partial charge in [-0.2, -0.15) is 0 Å². The highest BCUT2D eigenvalue weighted by Gasteiger charge is 2.02. The molecule has 0 aliphatic carbocycles. The average Bonchev–Trinajstić information content (AvgIpc) is 2.52. The molecule has 0 radical (unpaired) electrons. The Kier molecular flexibility index (Phi) is 8.53. The van der Waals surface area contributed by atoms with Crippen molar-refractivity contribution in [3.63, 3.8) is 0 Å². The van der Waals surface area contributed by atoms with Gasteiger partial charge >= 0.3 is 0 Å². The predicted octanol–water partition coefficient (Wildman–Crippen LogP) is 3.49. The minimum atomic E-state index is -0.262. The molecule has 2 aromatic rings. The van der Waals surface area contributed by atoms with Crippen LogP contribution in [-0.4, -0.2) is 19.6 Å². The summed E-state index contributed by atoms with van der Waals surface area (Å²) in [6.07, 6.45) is 0.563. The molecule has 0 bridgehead atoms. The van der Waals surface area contributed by atoms with E-state index in [4.69, 9.17) is 0 Å². The van der Waals surface area contributed by atoms with Gasteiger partial charge in [-0.3, -0.25) is 4.99 Å². The maximum atomic E-state index is 13.5. The number of benzene rings is 2. The molecule has 0 amide bonds. The van der Waals surface area contributed by atoms with Crippen molar-refractivity contribution in [2.45, 2.75) is 13.0 Å². The maximum Gasteiger partial charge on any atom is 0.191 e. The number of hydrogen-bond donors (Lipinski definition) is 2. The number of guanidine groups is 1. The fourth-order valence-electron chi connectivity index (χ4n) is 2.07. The van der Waals surface area contributed by atoms with Crippen LogP contribution in [-0.2, 0) is 13.0 Å². The van der Waals surface area contributed by atoms with Crippen LogP contribution in [0.25, 0.3) is 0 Å². The van der Waals surface area contributed by atoms with Crippen molar-refractivity contribution in [1.82, 2.24) is 10.6 Å². The van der Waals surface area contributed by atoms with Crippen LogP contribution in [0, 0.1) is 11.6 Å². The first-order valence-corrected chi connectivity index (χ1v) is 7.11. The molecular weight excluding hydrogens is 411 g/mol. The zero-order valence-corrected chi connectivity index (χ0v) is 15.2. The number of nitrogens with one attached hydrogen (secondary N) is 2. The van der Waals surface area contributed by atoms with Crippen molar-refractivity contribution in [3.05, 3.63) is 71.3 Å². The quantitative estimate of drug-likeness (QED) is 0.432. The van der Waals surface area contributed by atoms with Gasteiger partial charge in [-0.1, -0.05) is 30.3 Å². The molecule has 6 heteroatoms. The van der Waals surface area contributed by atoms with Gasteiger partial charge in [0.2, 0.25) is 0 Å². The first-order chi connectivity index (χ1) is 10.7. The van der Waals surface area contributed by atoms with Crippen molar-refractivity contribution < 1.29 is 8.78 Å². The van der Waals surface area contributed by atoms with E-state index in [1.54, 1.807) is 25.2 Å². The standard InChI is InChI=1S/C17H19F2N3.HI/c1-20-17(22-12-13-5-4-7-15(18)11-13)21-10-9-14-6-2-3-8-16(14)19;/h2-8,11H,9-10,12H2,1H3,(H2,20,21,22);1H. The minimum Gasteiger partial charge on any atom is -0.356 e. The Morgan fingerprint density at radius 2 is 1.83 bits per heavy atom. The van der Waals surface area contributed by atoms with Gasteiger partial charge in [-0.05, 0) is 35.7 Å². The molecule has 0 atom stereocenters. The maximum absolute atomic E-state index is 13.5. The summed E-state index contributed by atoms with van der Waals surface area (Å²) in [6.45, 7) is 1.03. The first-order valence-electron chi connectivity index (χ1n) is 7.11. The summed E-state index contributed by atoms with van der Waals surface area (Å²) in [6, 6.07) is 13.1. The van der Waals surface area contributed by atoms with Crippen molar-refractivity contribution in [3.8, 4) is 0 Å². The van der Waals surface area contributed by atoms with Crippen LogP contribution < -0.4 is 10.6 Å². The lowest BCUT2D eigenvalue weighted by atomic mass is 10.1. The highest BCUT2D eigenvalue weighted by Crippen LogP contribution is 2.06. The summed E-state index contributed by atoms with van der Waals surface area (Å²) >= 11 is 0. The number of halogens is 3. The molecular formula is C17H20F2IN3. The Bertz CT molecular complexity index is 647. The lowest BCUT2D eigenvalue weighted by Crippen LogP contribution is -2.37. The Balaban J connectivity index is 0.00000264. The van der Waals surface area contributed by atoms with E-state index in [2.05, 4.69) is 15.6 Å². The van der Waals surface area contributed by atoms with Crippen LogP contribution >= 0.6 is 24.0 Å². The lowest BCUT2D eigenvalue weighted by molar-refractivity contribution is 0.606. The second kappa shape index (κ2) is 10.1. The van der Waals surface area contributed by atoms with E-state index in [9.17, 15) is 8.78 Å². The molecule has 0 aromatic heterocycles. The zero-order valence-electron chi connectivity index (χ0n) is 12.9. The van der Waals surface area contributed by atoms with Crippen LogP contribution in [0.4, 0.5) is 8.78 Å². The van der Waals surface area contributed by atoms with Crippen molar-refractivity contribution in [1.29, 1.82) is 0 Å². The second-order valence-corrected chi connectivity index (χ2v) is 4.82. The number of aliphatic imine (C=N–C) groups is 1. The van der Waals surface area contributed by atoms with Gasteiger partial charge in [0.25, 0.3) is 0 Å². The van der Waals surface area contributed by atoms with Crippen molar-refractivity contribution in [2.24, 2.45) is 4.99 Å². The van der Waals surface area contributed by atoms with Crippen LogP contribution in [0.15, 0.2) is 53.5 Å². The van der Waals surface area contributed by atoms with Gasteiger partial charge in [0, 0.05) is 20.1 Å². The SMILES string of the molecule is CN=C(NCCc1ccccc1F)NCc1cccc(F)c1.I. The van der Waals surface area contributed by atoms with Crippen LogP contribution in [0.1, 0.15) is 11.1 Å². The molecule has 0 aliphatic rings. The highest BCUT2D eigenvalue weighted by atomic mass is 127. The Labute approximate surface area is 152 Å². The highest BCUT2D eigenvalue weighted by molar-refractivity contribution is 14.0. The van der Waals surface area contributed by atoms with E-state index < -0.39 is 0 Å². The van der Waals surface area contributed by atoms with Gasteiger partial charge in [-0.25, -0.2) is 8.78 Å². The molecule has 0 saturated carbocycles. The molecule has 0 aliphatic heterocycles. The van der Waals surface area contributed by atoms with Gasteiger partial charge in [-0.15, -0.1) is 24.0 Å². The fourth-order valence-corrected chi connectivity index (χ4v) is 2.07. The molecule has 0 fully saturated rings. The smallest absolute Gasteiger partial charge is 0.191 e. The molecule has 23 heavy (non-hydrogen) atoms. The largest absolute Gasteiger partial charge is 0.356 e. The topological polar surface area (TPSA) is 36.4 Å². The molecule has 2 N–H and O–H groups in total. The number of hydrogen-bond acceptors (Lipinski definition) is 1. The normalized spacial score (nSPS) is 10.8. The summed E-state index contributed by atoms with van der Waals surface area (Å²) in [5, 5.41) is 6.20. The van der Waals surface area contributed by atoms with E-state index in [0.29, 0.717) is 31.0 Å². The molecule has 0 spiro atoms. The third kappa shape index (κ3) is 6.52. The second-order valence-electron chi connectivity index (χ2n) is 4.82. The lowest BCUT2D eigenvalue weighted by Gasteiger charge is -2.12. The van der Waals surface area contributed by atoms with E-state index in [1.165, 1.54) is 18.2 Å². The van der Waals surface area contributed by atoms with Crippen molar-refractivity contribution in [2.75, 3.05) is 13.6 Å². The van der Waals surface area contributed by atoms with Gasteiger partial charge in [0.15, 0.2) is 5.96 Å². The Morgan fingerprint density at radius 1 is 1.04 bits per heavy atom. The summed E-state index contributed by atoms with van der Waals surface area (Å²) in [4.78, 5) is 4.09. The summed E-state index contributed by atoms with van der Waals surface area (Å²) in [7, 11) is 1.66. The van der Waals surface area contributed by atoms with E-state index in [-0.39, 0.29) is 35.6 Å². The van der Waals surface area contributed by atoms with E-state index in [0.717, 1.165) is 5.56 Å². The minimum absolute atomic E-state index is 0. The summed E-state index contributed by atoms with van der Waals surface area (Å²) in [5.41, 5.74) is 1.49. The Hall–Kier alpha value is -1.70. The third-order valence-corrected chi connectivity index (χ3v) is 3.22. The van der Waals surface area contributed by atoms with Gasteiger partial charge < -0.3 is 10.6 Å². The van der Waals surface area contributed by atoms with E-state index >= 15 is 0 Å². The molecule has 2 rings (SSSR count). The van der Waals surface area contributed by atoms with Crippen molar-refractivity contribution >= 4 is 29.9 Å². The number of nitrogens with zero attached hydrogens (tertiary/aromatic N) is 1. The van der Waals surface area contributed by atoms with E-state index in [1.807, 2.05) is 12.1 Å². The molecule has 2 aromatic carbocycles. The fraction of sp³-hybridized carbons (Fsp3) is 0.235. The molecule has 124 valence electrons. The monoisotopic (exact) mass is 431 g/mol. The predicted molar refractivity (Wildman–Crippen MR) is 100 cm³/mol. The summed E-state index contributed by atoms with van der Waals surface area (Å²) in [5.74, 6) is 0.134. The molecule has 0 heterocycles. The van der Waals surface area contributed by atoms with Gasteiger partial charge in [0.05, 0.1) is 0 Å². The molecule has 3 nitrogen and oxygen atoms in total. The molecule has 0 saturated heterocycles. The average molecular weight is 431 g/mol. The number of rotatable bonds is 5. The zero-order chi connectivity index (χ0) is 15.8. The molecule has 0 unspecified atom stereocenters. The third-order valence-electron chi connectivity index (χ3n) is 3.22.